The molecule has 2 heterocycles. The minimum Gasteiger partial charge on any atom is -0.342 e. The zero-order valence-corrected chi connectivity index (χ0v) is 12.2. The molecule has 0 aromatic carbocycles. The van der Waals surface area contributed by atoms with Crippen LogP contribution in [0, 0.1) is 12.8 Å². The van der Waals surface area contributed by atoms with E-state index in [1.165, 1.54) is 0 Å². The van der Waals surface area contributed by atoms with Crippen LogP contribution in [0.25, 0.3) is 0 Å². The van der Waals surface area contributed by atoms with Crippen molar-refractivity contribution in [1.29, 1.82) is 0 Å². The average molecular weight is 278 g/mol. The van der Waals surface area contributed by atoms with E-state index in [0.29, 0.717) is 36.1 Å². The molecule has 0 N–H and O–H groups in total. The first kappa shape index (κ1) is 13.5. The molecule has 6 heteroatoms. The van der Waals surface area contributed by atoms with Gasteiger partial charge in [0, 0.05) is 32.1 Å². The number of amides is 1. The van der Waals surface area contributed by atoms with Gasteiger partial charge < -0.3 is 9.42 Å². The van der Waals surface area contributed by atoms with Gasteiger partial charge in [-0.2, -0.15) is 4.98 Å². The molecule has 0 atom stereocenters. The molecule has 1 saturated carbocycles. The van der Waals surface area contributed by atoms with Crippen molar-refractivity contribution in [3.05, 3.63) is 11.7 Å². The SMILES string of the molecule is Cc1noc(CN2CCC(N(C)C(=O)C3CC3)CC2)n1. The largest absolute Gasteiger partial charge is 0.342 e. The lowest BCUT2D eigenvalue weighted by Crippen LogP contribution is -2.45. The average Bonchev–Trinajstić information content (AvgIpc) is 3.22. The maximum absolute atomic E-state index is 12.1. The van der Waals surface area contributed by atoms with Crippen molar-refractivity contribution in [2.45, 2.75) is 45.2 Å². The number of rotatable bonds is 4. The minimum absolute atomic E-state index is 0.319. The lowest BCUT2D eigenvalue weighted by atomic mass is 10.0. The summed E-state index contributed by atoms with van der Waals surface area (Å²) >= 11 is 0. The third-order valence-corrected chi connectivity index (χ3v) is 4.31. The highest BCUT2D eigenvalue weighted by atomic mass is 16.5. The second-order valence-electron chi connectivity index (χ2n) is 5.97. The van der Waals surface area contributed by atoms with E-state index < -0.39 is 0 Å². The molecule has 0 radical (unpaired) electrons. The summed E-state index contributed by atoms with van der Waals surface area (Å²) in [5, 5.41) is 3.81. The van der Waals surface area contributed by atoms with Crippen LogP contribution in [0.4, 0.5) is 0 Å². The molecule has 1 saturated heterocycles. The Kier molecular flexibility index (Phi) is 3.74. The summed E-state index contributed by atoms with van der Waals surface area (Å²) in [4.78, 5) is 20.6. The third-order valence-electron chi connectivity index (χ3n) is 4.31. The van der Waals surface area contributed by atoms with Crippen LogP contribution in [-0.4, -0.2) is 52.0 Å². The molecule has 1 amide bonds. The molecule has 1 aliphatic heterocycles. The molecule has 1 aromatic rings. The van der Waals surface area contributed by atoms with Crippen LogP contribution in [-0.2, 0) is 11.3 Å². The van der Waals surface area contributed by atoms with Crippen molar-refractivity contribution in [3.8, 4) is 0 Å². The highest BCUT2D eigenvalue weighted by Gasteiger charge is 2.35. The number of carbonyl (C=O) groups excluding carboxylic acids is 1. The van der Waals surface area contributed by atoms with Crippen molar-refractivity contribution in [3.63, 3.8) is 0 Å². The molecule has 1 aromatic heterocycles. The molecular formula is C14H22N4O2. The molecule has 6 nitrogen and oxygen atoms in total. The number of hydrogen-bond donors (Lipinski definition) is 0. The zero-order chi connectivity index (χ0) is 14.1. The summed E-state index contributed by atoms with van der Waals surface area (Å²) in [7, 11) is 1.96. The fourth-order valence-electron chi connectivity index (χ4n) is 2.86. The van der Waals surface area contributed by atoms with Crippen molar-refractivity contribution < 1.29 is 9.32 Å². The summed E-state index contributed by atoms with van der Waals surface area (Å²) in [5.74, 6) is 2.03. The predicted molar refractivity (Wildman–Crippen MR) is 72.8 cm³/mol. The topological polar surface area (TPSA) is 62.5 Å². The fourth-order valence-corrected chi connectivity index (χ4v) is 2.86. The Bertz CT molecular complexity index is 475. The third kappa shape index (κ3) is 3.00. The van der Waals surface area contributed by atoms with Gasteiger partial charge in [0.1, 0.15) is 0 Å². The Morgan fingerprint density at radius 3 is 2.60 bits per heavy atom. The van der Waals surface area contributed by atoms with Crippen LogP contribution in [0.1, 0.15) is 37.4 Å². The summed E-state index contributed by atoms with van der Waals surface area (Å²) in [6.45, 7) is 4.51. The van der Waals surface area contributed by atoms with Gasteiger partial charge in [0.2, 0.25) is 11.8 Å². The number of carbonyl (C=O) groups is 1. The van der Waals surface area contributed by atoms with Gasteiger partial charge in [-0.05, 0) is 32.6 Å². The molecule has 0 bridgehead atoms. The Labute approximate surface area is 119 Å². The Hall–Kier alpha value is -1.43. The van der Waals surface area contributed by atoms with E-state index in [4.69, 9.17) is 4.52 Å². The van der Waals surface area contributed by atoms with Gasteiger partial charge in [-0.15, -0.1) is 0 Å². The van der Waals surface area contributed by atoms with E-state index >= 15 is 0 Å². The zero-order valence-electron chi connectivity index (χ0n) is 12.2. The first-order chi connectivity index (χ1) is 9.63. The van der Waals surface area contributed by atoms with Gasteiger partial charge in [-0.1, -0.05) is 5.16 Å². The van der Waals surface area contributed by atoms with Gasteiger partial charge in [0.05, 0.1) is 6.54 Å². The summed E-state index contributed by atoms with van der Waals surface area (Å²) in [6.07, 6.45) is 4.22. The summed E-state index contributed by atoms with van der Waals surface area (Å²) in [5.41, 5.74) is 0. The minimum atomic E-state index is 0.319. The lowest BCUT2D eigenvalue weighted by molar-refractivity contribution is -0.134. The number of nitrogens with zero attached hydrogens (tertiary/aromatic N) is 4. The van der Waals surface area contributed by atoms with Crippen LogP contribution in [0.15, 0.2) is 4.52 Å². The van der Waals surface area contributed by atoms with E-state index in [1.54, 1.807) is 0 Å². The number of aromatic nitrogens is 2. The molecule has 2 aliphatic rings. The van der Waals surface area contributed by atoms with Crippen molar-refractivity contribution >= 4 is 5.91 Å². The van der Waals surface area contributed by atoms with Crippen LogP contribution in [0.3, 0.4) is 0 Å². The molecular weight excluding hydrogens is 256 g/mol. The highest BCUT2D eigenvalue weighted by molar-refractivity contribution is 5.81. The van der Waals surface area contributed by atoms with Gasteiger partial charge in [-0.3, -0.25) is 9.69 Å². The first-order valence-corrected chi connectivity index (χ1v) is 7.41. The fraction of sp³-hybridized carbons (Fsp3) is 0.786. The van der Waals surface area contributed by atoms with Crippen LogP contribution in [0.2, 0.25) is 0 Å². The van der Waals surface area contributed by atoms with Crippen LogP contribution >= 0.6 is 0 Å². The van der Waals surface area contributed by atoms with Gasteiger partial charge in [0.15, 0.2) is 5.82 Å². The number of likely N-dealkylation sites (tertiary alicyclic amines) is 1. The smallest absolute Gasteiger partial charge is 0.240 e. The van der Waals surface area contributed by atoms with E-state index in [0.717, 1.165) is 38.8 Å². The number of hydrogen-bond acceptors (Lipinski definition) is 5. The Morgan fingerprint density at radius 2 is 2.05 bits per heavy atom. The first-order valence-electron chi connectivity index (χ1n) is 7.41. The Balaban J connectivity index is 1.47. The van der Waals surface area contributed by atoms with E-state index in [9.17, 15) is 4.79 Å². The maximum Gasteiger partial charge on any atom is 0.240 e. The monoisotopic (exact) mass is 278 g/mol. The standard InChI is InChI=1S/C14H22N4O2/c1-10-15-13(20-16-10)9-18-7-5-12(6-8-18)17(2)14(19)11-3-4-11/h11-12H,3-9H2,1-2H3. The van der Waals surface area contributed by atoms with E-state index in [2.05, 4.69) is 15.0 Å². The molecule has 1 aliphatic carbocycles. The second-order valence-corrected chi connectivity index (χ2v) is 5.97. The second kappa shape index (κ2) is 5.52. The normalized spacial score (nSPS) is 21.1. The van der Waals surface area contributed by atoms with E-state index in [1.807, 2.05) is 18.9 Å². The van der Waals surface area contributed by atoms with Crippen molar-refractivity contribution in [1.82, 2.24) is 19.9 Å². The molecule has 2 fully saturated rings. The Morgan fingerprint density at radius 1 is 1.35 bits per heavy atom. The lowest BCUT2D eigenvalue weighted by Gasteiger charge is -2.36. The van der Waals surface area contributed by atoms with Crippen molar-refractivity contribution in [2.75, 3.05) is 20.1 Å². The molecule has 0 spiro atoms. The molecule has 110 valence electrons. The van der Waals surface area contributed by atoms with Gasteiger partial charge in [-0.25, -0.2) is 0 Å². The molecule has 20 heavy (non-hydrogen) atoms. The highest BCUT2D eigenvalue weighted by Crippen LogP contribution is 2.32. The summed E-state index contributed by atoms with van der Waals surface area (Å²) < 4.78 is 5.15. The molecule has 0 unspecified atom stereocenters. The van der Waals surface area contributed by atoms with E-state index in [-0.39, 0.29) is 0 Å². The van der Waals surface area contributed by atoms with Crippen LogP contribution < -0.4 is 0 Å². The number of piperidine rings is 1. The van der Waals surface area contributed by atoms with Crippen LogP contribution in [0.5, 0.6) is 0 Å². The number of aryl methyl sites for hydroxylation is 1. The maximum atomic E-state index is 12.1. The van der Waals surface area contributed by atoms with Crippen molar-refractivity contribution in [2.24, 2.45) is 5.92 Å². The molecule has 3 rings (SSSR count). The quantitative estimate of drug-likeness (QED) is 0.828. The van der Waals surface area contributed by atoms with Gasteiger partial charge in [0.25, 0.3) is 0 Å². The van der Waals surface area contributed by atoms with Gasteiger partial charge >= 0.3 is 0 Å². The predicted octanol–water partition coefficient (Wildman–Crippen LogP) is 1.21. The summed E-state index contributed by atoms with van der Waals surface area (Å²) in [6, 6.07) is 0.392.